The minimum Gasteiger partial charge on any atom is -0.461 e. The molecule has 8 heteroatoms. The first-order chi connectivity index (χ1) is 13.8. The Balaban J connectivity index is 1.44. The number of methoxy groups -OCH3 is 1. The van der Waals surface area contributed by atoms with Crippen LogP contribution in [-0.4, -0.2) is 51.6 Å². The molecule has 0 spiro atoms. The summed E-state index contributed by atoms with van der Waals surface area (Å²) in [6, 6.07) is 12.0. The van der Waals surface area contributed by atoms with Gasteiger partial charge in [0.15, 0.2) is 10.9 Å². The Morgan fingerprint density at radius 1 is 1.21 bits per heavy atom. The van der Waals surface area contributed by atoms with E-state index in [0.717, 1.165) is 13.0 Å². The Kier molecular flexibility index (Phi) is 5.78. The van der Waals surface area contributed by atoms with Gasteiger partial charge >= 0.3 is 0 Å². The van der Waals surface area contributed by atoms with Gasteiger partial charge < -0.3 is 14.1 Å². The number of rotatable bonds is 7. The van der Waals surface area contributed by atoms with E-state index in [4.69, 9.17) is 9.15 Å². The second-order valence-electron chi connectivity index (χ2n) is 6.55. The molecule has 7 nitrogen and oxygen atoms in total. The smallest absolute Gasteiger partial charge is 0.233 e. The lowest BCUT2D eigenvalue weighted by Gasteiger charge is -2.28. The van der Waals surface area contributed by atoms with Crippen molar-refractivity contribution < 1.29 is 13.9 Å². The van der Waals surface area contributed by atoms with Crippen LogP contribution in [0.5, 0.6) is 0 Å². The van der Waals surface area contributed by atoms with E-state index in [0.29, 0.717) is 42.2 Å². The summed E-state index contributed by atoms with van der Waals surface area (Å²) in [5.41, 5.74) is 2.57. The molecule has 0 saturated carbocycles. The maximum absolute atomic E-state index is 12.7. The number of fused-ring (bicyclic) bond motifs is 1. The molecule has 0 bridgehead atoms. The maximum atomic E-state index is 12.7. The van der Waals surface area contributed by atoms with Gasteiger partial charge in [-0.1, -0.05) is 36.0 Å². The average molecular weight is 398 g/mol. The standard InChI is InChI=1S/C20H22N4O3S/c1-26-12-10-24-19(17-7-4-11-27-17)21-22-20(24)28-14-18(25)23-9-8-15-5-2-3-6-16(15)13-23/h2-7,11H,8-10,12-14H2,1H3. The largest absolute Gasteiger partial charge is 0.461 e. The minimum absolute atomic E-state index is 0.111. The Labute approximate surface area is 167 Å². The molecule has 1 aromatic carbocycles. The second kappa shape index (κ2) is 8.62. The number of carbonyl (C=O) groups excluding carboxylic acids is 1. The van der Waals surface area contributed by atoms with Gasteiger partial charge in [-0.2, -0.15) is 0 Å². The third-order valence-electron chi connectivity index (χ3n) is 4.79. The number of furan rings is 1. The monoisotopic (exact) mass is 398 g/mol. The van der Waals surface area contributed by atoms with E-state index in [1.807, 2.05) is 27.7 Å². The predicted molar refractivity (Wildman–Crippen MR) is 106 cm³/mol. The Bertz CT molecular complexity index is 939. The molecule has 28 heavy (non-hydrogen) atoms. The summed E-state index contributed by atoms with van der Waals surface area (Å²) in [7, 11) is 1.65. The van der Waals surface area contributed by atoms with Gasteiger partial charge in [-0.15, -0.1) is 10.2 Å². The number of thioether (sulfide) groups is 1. The first-order valence-electron chi connectivity index (χ1n) is 9.19. The van der Waals surface area contributed by atoms with Crippen LogP contribution in [0.15, 0.2) is 52.2 Å². The number of nitrogens with zero attached hydrogens (tertiary/aromatic N) is 4. The number of benzene rings is 1. The molecule has 3 aromatic rings. The summed E-state index contributed by atoms with van der Waals surface area (Å²) >= 11 is 1.40. The molecule has 1 amide bonds. The van der Waals surface area contributed by atoms with Crippen molar-refractivity contribution in [1.29, 1.82) is 0 Å². The Morgan fingerprint density at radius 2 is 2.07 bits per heavy atom. The van der Waals surface area contributed by atoms with Gasteiger partial charge in [0.05, 0.1) is 25.2 Å². The van der Waals surface area contributed by atoms with Crippen molar-refractivity contribution in [3.63, 3.8) is 0 Å². The summed E-state index contributed by atoms with van der Waals surface area (Å²) in [6.45, 7) is 2.54. The third-order valence-corrected chi connectivity index (χ3v) is 5.74. The van der Waals surface area contributed by atoms with E-state index in [-0.39, 0.29) is 5.91 Å². The highest BCUT2D eigenvalue weighted by Gasteiger charge is 2.22. The van der Waals surface area contributed by atoms with Crippen LogP contribution in [-0.2, 0) is 29.0 Å². The average Bonchev–Trinajstić information content (AvgIpc) is 3.39. The number of hydrogen-bond acceptors (Lipinski definition) is 6. The first-order valence-corrected chi connectivity index (χ1v) is 10.2. The van der Waals surface area contributed by atoms with Crippen LogP contribution in [0.25, 0.3) is 11.6 Å². The number of hydrogen-bond donors (Lipinski definition) is 0. The third kappa shape index (κ3) is 3.98. The normalized spacial score (nSPS) is 13.5. The highest BCUT2D eigenvalue weighted by Crippen LogP contribution is 2.25. The molecule has 0 atom stereocenters. The molecule has 2 aromatic heterocycles. The van der Waals surface area contributed by atoms with Gasteiger partial charge in [0.1, 0.15) is 0 Å². The lowest BCUT2D eigenvalue weighted by atomic mass is 10.00. The molecule has 0 N–H and O–H groups in total. The van der Waals surface area contributed by atoms with Gasteiger partial charge in [0.2, 0.25) is 11.7 Å². The van der Waals surface area contributed by atoms with Crippen LogP contribution in [0.3, 0.4) is 0 Å². The number of carbonyl (C=O) groups is 1. The maximum Gasteiger partial charge on any atom is 0.233 e. The van der Waals surface area contributed by atoms with Crippen LogP contribution in [0, 0.1) is 0 Å². The highest BCUT2D eigenvalue weighted by atomic mass is 32.2. The minimum atomic E-state index is 0.111. The zero-order chi connectivity index (χ0) is 19.3. The van der Waals surface area contributed by atoms with E-state index >= 15 is 0 Å². The van der Waals surface area contributed by atoms with Crippen LogP contribution in [0.4, 0.5) is 0 Å². The molecule has 0 radical (unpaired) electrons. The fourth-order valence-electron chi connectivity index (χ4n) is 3.29. The molecule has 0 saturated heterocycles. The SMILES string of the molecule is COCCn1c(SCC(=O)N2CCc3ccccc3C2)nnc1-c1ccco1. The van der Waals surface area contributed by atoms with Crippen molar-refractivity contribution in [3.8, 4) is 11.6 Å². The van der Waals surface area contributed by atoms with Crippen molar-refractivity contribution in [1.82, 2.24) is 19.7 Å². The fourth-order valence-corrected chi connectivity index (χ4v) is 4.16. The summed E-state index contributed by atoms with van der Waals surface area (Å²) in [6.07, 6.45) is 2.51. The molecular formula is C20H22N4O3S. The lowest BCUT2D eigenvalue weighted by molar-refractivity contribution is -0.129. The lowest BCUT2D eigenvalue weighted by Crippen LogP contribution is -2.37. The fraction of sp³-hybridized carbons (Fsp3) is 0.350. The Morgan fingerprint density at radius 3 is 2.86 bits per heavy atom. The molecule has 1 aliphatic heterocycles. The van der Waals surface area contributed by atoms with E-state index in [9.17, 15) is 4.79 Å². The zero-order valence-corrected chi connectivity index (χ0v) is 16.5. The number of aromatic nitrogens is 3. The van der Waals surface area contributed by atoms with E-state index in [1.54, 1.807) is 13.4 Å². The van der Waals surface area contributed by atoms with Crippen molar-refractivity contribution in [2.24, 2.45) is 0 Å². The van der Waals surface area contributed by atoms with Gasteiger partial charge in [-0.25, -0.2) is 0 Å². The summed E-state index contributed by atoms with van der Waals surface area (Å²) < 4.78 is 12.6. The van der Waals surface area contributed by atoms with Crippen molar-refractivity contribution in [2.75, 3.05) is 26.0 Å². The van der Waals surface area contributed by atoms with Crippen molar-refractivity contribution in [2.45, 2.75) is 24.7 Å². The molecule has 4 rings (SSSR count). The topological polar surface area (TPSA) is 73.4 Å². The van der Waals surface area contributed by atoms with Crippen LogP contribution in [0.2, 0.25) is 0 Å². The number of amides is 1. The second-order valence-corrected chi connectivity index (χ2v) is 7.49. The summed E-state index contributed by atoms with van der Waals surface area (Å²) in [5, 5.41) is 9.21. The quantitative estimate of drug-likeness (QED) is 0.570. The van der Waals surface area contributed by atoms with Crippen LogP contribution in [0.1, 0.15) is 11.1 Å². The van der Waals surface area contributed by atoms with E-state index in [2.05, 4.69) is 28.4 Å². The van der Waals surface area contributed by atoms with Gasteiger partial charge in [-0.3, -0.25) is 9.36 Å². The van der Waals surface area contributed by atoms with E-state index < -0.39 is 0 Å². The van der Waals surface area contributed by atoms with Crippen LogP contribution >= 0.6 is 11.8 Å². The van der Waals surface area contributed by atoms with Gasteiger partial charge in [0, 0.05) is 20.2 Å². The predicted octanol–water partition coefficient (Wildman–Crippen LogP) is 2.86. The van der Waals surface area contributed by atoms with Crippen molar-refractivity contribution in [3.05, 3.63) is 53.8 Å². The van der Waals surface area contributed by atoms with E-state index in [1.165, 1.54) is 22.9 Å². The number of ether oxygens (including phenoxy) is 1. The molecular weight excluding hydrogens is 376 g/mol. The van der Waals surface area contributed by atoms with Crippen molar-refractivity contribution >= 4 is 17.7 Å². The molecule has 3 heterocycles. The molecule has 146 valence electrons. The zero-order valence-electron chi connectivity index (χ0n) is 15.7. The van der Waals surface area contributed by atoms with Gasteiger partial charge in [0.25, 0.3) is 0 Å². The Hall–Kier alpha value is -2.58. The summed E-state index contributed by atoms with van der Waals surface area (Å²) in [5.74, 6) is 1.73. The first kappa shape index (κ1) is 18.8. The van der Waals surface area contributed by atoms with Gasteiger partial charge in [-0.05, 0) is 29.7 Å². The molecule has 0 unspecified atom stereocenters. The summed E-state index contributed by atoms with van der Waals surface area (Å²) in [4.78, 5) is 14.7. The van der Waals surface area contributed by atoms with Crippen LogP contribution < -0.4 is 0 Å². The highest BCUT2D eigenvalue weighted by molar-refractivity contribution is 7.99. The molecule has 0 fully saturated rings. The molecule has 0 aliphatic carbocycles. The molecule has 1 aliphatic rings.